The highest BCUT2D eigenvalue weighted by molar-refractivity contribution is 6.31. The van der Waals surface area contributed by atoms with E-state index in [0.29, 0.717) is 28.6 Å². The van der Waals surface area contributed by atoms with E-state index in [0.717, 1.165) is 42.6 Å². The number of nitrogens with zero attached hydrogens (tertiary/aromatic N) is 7. The van der Waals surface area contributed by atoms with Crippen LogP contribution in [-0.2, 0) is 18.8 Å². The molecule has 0 spiro atoms. The molecular weight excluding hydrogens is 574 g/mol. The van der Waals surface area contributed by atoms with Gasteiger partial charge in [-0.1, -0.05) is 11.6 Å². The Bertz CT molecular complexity index is 1550. The Labute approximate surface area is 235 Å². The number of piperazine rings is 1. The summed E-state index contributed by atoms with van der Waals surface area (Å²) < 4.78 is 82.0. The Morgan fingerprint density at radius 3 is 2.10 bits per heavy atom. The molecule has 0 radical (unpaired) electrons. The van der Waals surface area contributed by atoms with Crippen LogP contribution in [0.4, 0.5) is 38.2 Å². The van der Waals surface area contributed by atoms with Gasteiger partial charge in [-0.2, -0.15) is 26.3 Å². The van der Waals surface area contributed by atoms with Crippen molar-refractivity contribution in [2.45, 2.75) is 24.8 Å². The first-order chi connectivity index (χ1) is 19.4. The van der Waals surface area contributed by atoms with Crippen LogP contribution in [0.1, 0.15) is 34.3 Å². The third-order valence-electron chi connectivity index (χ3n) is 7.40. The molecule has 1 saturated heterocycles. The predicted molar refractivity (Wildman–Crippen MR) is 140 cm³/mol. The maximum atomic E-state index is 13.7. The summed E-state index contributed by atoms with van der Waals surface area (Å²) in [6, 6.07) is 4.27. The van der Waals surface area contributed by atoms with Crippen LogP contribution >= 0.6 is 11.6 Å². The molecule has 41 heavy (non-hydrogen) atoms. The van der Waals surface area contributed by atoms with Gasteiger partial charge in [-0.3, -0.25) is 0 Å². The van der Waals surface area contributed by atoms with Crippen molar-refractivity contribution in [1.29, 1.82) is 0 Å². The second kappa shape index (κ2) is 10.0. The van der Waals surface area contributed by atoms with Crippen LogP contribution in [0.5, 0.6) is 0 Å². The summed E-state index contributed by atoms with van der Waals surface area (Å²) in [5.74, 6) is -0.204. The van der Waals surface area contributed by atoms with Gasteiger partial charge >= 0.3 is 12.4 Å². The molecule has 15 heteroatoms. The molecule has 3 aromatic heterocycles. The predicted octanol–water partition coefficient (Wildman–Crippen LogP) is 5.34. The van der Waals surface area contributed by atoms with Crippen LogP contribution in [-0.4, -0.2) is 69.6 Å². The van der Waals surface area contributed by atoms with Crippen LogP contribution < -0.4 is 9.80 Å². The molecule has 0 aliphatic carbocycles. The summed E-state index contributed by atoms with van der Waals surface area (Å²) >= 11 is 6.23. The largest absolute Gasteiger partial charge is 0.433 e. The Balaban J connectivity index is 1.48. The molecular formula is C26H23ClF6N8. The molecule has 1 aromatic carbocycles. The number of halogens is 7. The van der Waals surface area contributed by atoms with Gasteiger partial charge in [0.1, 0.15) is 6.04 Å². The van der Waals surface area contributed by atoms with Crippen molar-refractivity contribution < 1.29 is 26.3 Å². The average molecular weight is 597 g/mol. The Hall–Kier alpha value is -3.65. The number of hydrogen-bond donors (Lipinski definition) is 1. The molecule has 0 amide bonds. The molecule has 2 aliphatic heterocycles. The normalized spacial score (nSPS) is 18.7. The zero-order valence-electron chi connectivity index (χ0n) is 21.6. The Kier molecular flexibility index (Phi) is 6.72. The molecule has 1 N–H and O–H groups in total. The second-order valence-corrected chi connectivity index (χ2v) is 10.5. The summed E-state index contributed by atoms with van der Waals surface area (Å²) in [5.41, 5.74) is -0.763. The van der Waals surface area contributed by atoms with Gasteiger partial charge in [0.15, 0.2) is 11.4 Å². The number of rotatable bonds is 3. The number of nitrogens with one attached hydrogen (secondary N) is 1. The maximum absolute atomic E-state index is 13.7. The number of likely N-dealkylation sites (N-methyl/N-ethyl adjacent to an activating group) is 1. The van der Waals surface area contributed by atoms with Crippen molar-refractivity contribution in [3.05, 3.63) is 69.9 Å². The van der Waals surface area contributed by atoms with E-state index in [1.54, 1.807) is 30.6 Å². The van der Waals surface area contributed by atoms with Crippen molar-refractivity contribution in [3.63, 3.8) is 0 Å². The number of aromatic amines is 1. The molecule has 0 unspecified atom stereocenters. The minimum Gasteiger partial charge on any atom is -0.356 e. The van der Waals surface area contributed by atoms with Crippen LogP contribution in [0, 0.1) is 0 Å². The van der Waals surface area contributed by atoms with E-state index < -0.39 is 35.7 Å². The SMILES string of the molecule is CN1CCN(c2ncc([C@H]3c4[nH]c5ccc(Cl)cc5c4CCN3c3nc(C(F)(F)F)cc(C(F)(F)F)n3)cn2)CC1. The molecule has 4 aromatic rings. The number of H-pyrrole nitrogens is 1. The minimum absolute atomic E-state index is 0.0377. The van der Waals surface area contributed by atoms with Gasteiger partial charge in [0, 0.05) is 72.3 Å². The van der Waals surface area contributed by atoms with Crippen LogP contribution in [0.3, 0.4) is 0 Å². The third kappa shape index (κ3) is 5.25. The van der Waals surface area contributed by atoms with Crippen LogP contribution in [0.25, 0.3) is 10.9 Å². The smallest absolute Gasteiger partial charge is 0.356 e. The van der Waals surface area contributed by atoms with Crippen molar-refractivity contribution in [1.82, 2.24) is 29.8 Å². The van der Waals surface area contributed by atoms with E-state index >= 15 is 0 Å². The standard InChI is InChI=1S/C26H23ClF6N8/c1-39-6-8-40(9-7-39)23-34-12-14(13-35-23)22-21-16(17-10-15(27)2-3-18(17)36-21)4-5-41(22)24-37-19(25(28,29)30)11-20(38-24)26(31,32)33/h2-3,10-13,22,36H,4-9H2,1H3/t22-/m0/s1. The molecule has 1 atom stereocenters. The maximum Gasteiger partial charge on any atom is 0.433 e. The Morgan fingerprint density at radius 2 is 1.49 bits per heavy atom. The lowest BCUT2D eigenvalue weighted by Crippen LogP contribution is -2.45. The number of anilines is 2. The number of fused-ring (bicyclic) bond motifs is 3. The number of aromatic nitrogens is 5. The van der Waals surface area contributed by atoms with Gasteiger partial charge in [-0.15, -0.1) is 0 Å². The zero-order valence-corrected chi connectivity index (χ0v) is 22.3. The molecule has 0 bridgehead atoms. The van der Waals surface area contributed by atoms with Crippen LogP contribution in [0.2, 0.25) is 5.02 Å². The van der Waals surface area contributed by atoms with E-state index in [9.17, 15) is 26.3 Å². The fourth-order valence-electron chi connectivity index (χ4n) is 5.32. The van der Waals surface area contributed by atoms with Gasteiger partial charge in [-0.05, 0) is 43.3 Å². The van der Waals surface area contributed by atoms with Gasteiger partial charge in [0.05, 0.1) is 0 Å². The van der Waals surface area contributed by atoms with Gasteiger partial charge in [-0.25, -0.2) is 19.9 Å². The van der Waals surface area contributed by atoms with Crippen molar-refractivity contribution >= 4 is 34.4 Å². The zero-order chi connectivity index (χ0) is 29.1. The number of hydrogen-bond acceptors (Lipinski definition) is 7. The summed E-state index contributed by atoms with van der Waals surface area (Å²) in [7, 11) is 2.02. The first-order valence-corrected chi connectivity index (χ1v) is 13.1. The fraction of sp³-hybridized carbons (Fsp3) is 0.385. The highest BCUT2D eigenvalue weighted by Gasteiger charge is 2.42. The van der Waals surface area contributed by atoms with Gasteiger partial charge in [0.25, 0.3) is 0 Å². The molecule has 8 nitrogen and oxygen atoms in total. The summed E-state index contributed by atoms with van der Waals surface area (Å²) in [4.78, 5) is 25.0. The lowest BCUT2D eigenvalue weighted by molar-refractivity contribution is -0.147. The highest BCUT2D eigenvalue weighted by Crippen LogP contribution is 2.42. The molecule has 1 fully saturated rings. The van der Waals surface area contributed by atoms with E-state index in [4.69, 9.17) is 11.6 Å². The number of alkyl halides is 6. The van der Waals surface area contributed by atoms with E-state index in [1.165, 1.54) is 4.90 Å². The summed E-state index contributed by atoms with van der Waals surface area (Å²) in [6.07, 6.45) is -6.83. The molecule has 0 saturated carbocycles. The second-order valence-electron chi connectivity index (χ2n) is 10.1. The highest BCUT2D eigenvalue weighted by atomic mass is 35.5. The lowest BCUT2D eigenvalue weighted by atomic mass is 9.94. The monoisotopic (exact) mass is 596 g/mol. The van der Waals surface area contributed by atoms with Crippen molar-refractivity contribution in [2.75, 3.05) is 49.6 Å². The average Bonchev–Trinajstić information content (AvgIpc) is 3.30. The molecule has 216 valence electrons. The molecule has 5 heterocycles. The van der Waals surface area contributed by atoms with E-state index in [-0.39, 0.29) is 12.6 Å². The first-order valence-electron chi connectivity index (χ1n) is 12.7. The fourth-order valence-corrected chi connectivity index (χ4v) is 5.49. The molecule has 2 aliphatic rings. The van der Waals surface area contributed by atoms with Crippen molar-refractivity contribution in [2.24, 2.45) is 0 Å². The summed E-state index contributed by atoms with van der Waals surface area (Å²) in [6.45, 7) is 3.14. The van der Waals surface area contributed by atoms with E-state index in [2.05, 4.69) is 29.8 Å². The van der Waals surface area contributed by atoms with Crippen molar-refractivity contribution in [3.8, 4) is 0 Å². The lowest BCUT2D eigenvalue weighted by Gasteiger charge is -2.36. The quantitative estimate of drug-likeness (QED) is 0.320. The van der Waals surface area contributed by atoms with E-state index in [1.807, 2.05) is 11.9 Å². The topological polar surface area (TPSA) is 77.1 Å². The Morgan fingerprint density at radius 1 is 0.854 bits per heavy atom. The van der Waals surface area contributed by atoms with Gasteiger partial charge < -0.3 is 19.7 Å². The summed E-state index contributed by atoms with van der Waals surface area (Å²) in [5, 5.41) is 1.31. The van der Waals surface area contributed by atoms with Gasteiger partial charge in [0.2, 0.25) is 11.9 Å². The third-order valence-corrected chi connectivity index (χ3v) is 7.64. The first kappa shape index (κ1) is 27.5. The minimum atomic E-state index is -5.11. The van der Waals surface area contributed by atoms with Crippen LogP contribution in [0.15, 0.2) is 36.7 Å². The number of benzene rings is 1. The molecule has 6 rings (SSSR count).